The van der Waals surface area contributed by atoms with Crippen molar-refractivity contribution < 1.29 is 0 Å². The summed E-state index contributed by atoms with van der Waals surface area (Å²) in [5.74, 6) is 2.36. The first-order valence-electron chi connectivity index (χ1n) is 5.69. The van der Waals surface area contributed by atoms with Crippen molar-refractivity contribution in [2.75, 3.05) is 11.5 Å². The Labute approximate surface area is 108 Å². The van der Waals surface area contributed by atoms with Gasteiger partial charge >= 0.3 is 0 Å². The van der Waals surface area contributed by atoms with Crippen molar-refractivity contribution in [1.82, 2.24) is 5.32 Å². The Balaban J connectivity index is 2.39. The van der Waals surface area contributed by atoms with Gasteiger partial charge in [-0.05, 0) is 36.8 Å². The molecule has 1 N–H and O–H groups in total. The Morgan fingerprint density at radius 3 is 2.81 bits per heavy atom. The van der Waals surface area contributed by atoms with Crippen LogP contribution in [0.5, 0.6) is 0 Å². The average Bonchev–Trinajstić information content (AvgIpc) is 2.28. The van der Waals surface area contributed by atoms with E-state index in [0.717, 1.165) is 17.1 Å². The van der Waals surface area contributed by atoms with Crippen LogP contribution >= 0.6 is 23.4 Å². The highest BCUT2D eigenvalue weighted by molar-refractivity contribution is 7.99. The summed E-state index contributed by atoms with van der Waals surface area (Å²) in [6.07, 6.45) is 0. The lowest BCUT2D eigenvalue weighted by Crippen LogP contribution is -2.27. The van der Waals surface area contributed by atoms with Crippen molar-refractivity contribution in [3.63, 3.8) is 0 Å². The van der Waals surface area contributed by atoms with Crippen LogP contribution in [-0.2, 0) is 6.54 Å². The minimum Gasteiger partial charge on any atom is -0.309 e. The van der Waals surface area contributed by atoms with Crippen molar-refractivity contribution in [1.29, 1.82) is 0 Å². The van der Waals surface area contributed by atoms with Crippen LogP contribution in [0.25, 0.3) is 0 Å². The number of aryl methyl sites for hydroxylation is 1. The van der Waals surface area contributed by atoms with Crippen LogP contribution in [0.2, 0.25) is 5.02 Å². The zero-order valence-electron chi connectivity index (χ0n) is 10.2. The molecular formula is C13H20ClNS. The van der Waals surface area contributed by atoms with Crippen molar-refractivity contribution in [3.8, 4) is 0 Å². The van der Waals surface area contributed by atoms with Gasteiger partial charge in [-0.15, -0.1) is 0 Å². The molecule has 90 valence electrons. The zero-order valence-corrected chi connectivity index (χ0v) is 11.8. The van der Waals surface area contributed by atoms with Gasteiger partial charge in [-0.3, -0.25) is 0 Å². The molecule has 0 heterocycles. The van der Waals surface area contributed by atoms with Crippen LogP contribution in [0.3, 0.4) is 0 Å². The third-order valence-corrected chi connectivity index (χ3v) is 4.02. The summed E-state index contributed by atoms with van der Waals surface area (Å²) in [7, 11) is 0. The molecule has 0 radical (unpaired) electrons. The molecule has 16 heavy (non-hydrogen) atoms. The maximum absolute atomic E-state index is 5.99. The van der Waals surface area contributed by atoms with Gasteiger partial charge in [-0.25, -0.2) is 0 Å². The Kier molecular flexibility index (Phi) is 6.25. The minimum absolute atomic E-state index is 0.556. The van der Waals surface area contributed by atoms with Crippen LogP contribution in [-0.4, -0.2) is 17.5 Å². The maximum atomic E-state index is 5.99. The second-order valence-electron chi connectivity index (χ2n) is 4.02. The van der Waals surface area contributed by atoms with Gasteiger partial charge in [0.05, 0.1) is 0 Å². The summed E-state index contributed by atoms with van der Waals surface area (Å²) in [4.78, 5) is 0. The molecule has 0 spiro atoms. The molecule has 0 bridgehead atoms. The number of hydrogen-bond donors (Lipinski definition) is 1. The third kappa shape index (κ3) is 4.77. The highest BCUT2D eigenvalue weighted by atomic mass is 35.5. The molecule has 0 fully saturated rings. The van der Waals surface area contributed by atoms with E-state index >= 15 is 0 Å². The normalized spacial score (nSPS) is 12.8. The Hall–Kier alpha value is -0.180. The van der Waals surface area contributed by atoms with Gasteiger partial charge in [-0.2, -0.15) is 11.8 Å². The van der Waals surface area contributed by atoms with E-state index in [1.165, 1.54) is 17.1 Å². The van der Waals surface area contributed by atoms with E-state index in [0.29, 0.717) is 6.04 Å². The number of benzene rings is 1. The molecule has 0 saturated carbocycles. The standard InChI is InChI=1S/C13H20ClNS/c1-4-16-9-11(3)15-8-12-5-6-13(14)10(2)7-12/h5-7,11,15H,4,8-9H2,1-3H3. The molecule has 0 aromatic heterocycles. The van der Waals surface area contributed by atoms with Gasteiger partial charge in [-0.1, -0.05) is 30.7 Å². The van der Waals surface area contributed by atoms with Crippen molar-refractivity contribution in [2.45, 2.75) is 33.4 Å². The van der Waals surface area contributed by atoms with Gasteiger partial charge in [0.1, 0.15) is 0 Å². The molecule has 0 aliphatic heterocycles. The quantitative estimate of drug-likeness (QED) is 0.830. The predicted molar refractivity (Wildman–Crippen MR) is 75.5 cm³/mol. The number of thioether (sulfide) groups is 1. The zero-order chi connectivity index (χ0) is 12.0. The number of rotatable bonds is 6. The fourth-order valence-corrected chi connectivity index (χ4v) is 2.29. The second kappa shape index (κ2) is 7.21. The molecule has 1 unspecified atom stereocenters. The van der Waals surface area contributed by atoms with Crippen LogP contribution in [0.4, 0.5) is 0 Å². The highest BCUT2D eigenvalue weighted by Gasteiger charge is 2.02. The molecule has 1 atom stereocenters. The number of halogens is 1. The second-order valence-corrected chi connectivity index (χ2v) is 5.75. The monoisotopic (exact) mass is 257 g/mol. The van der Waals surface area contributed by atoms with Gasteiger partial charge in [0.25, 0.3) is 0 Å². The highest BCUT2D eigenvalue weighted by Crippen LogP contribution is 2.16. The number of nitrogens with one attached hydrogen (secondary N) is 1. The fourth-order valence-electron chi connectivity index (χ4n) is 1.46. The summed E-state index contributed by atoms with van der Waals surface area (Å²) in [6.45, 7) is 7.39. The first-order valence-corrected chi connectivity index (χ1v) is 7.23. The minimum atomic E-state index is 0.556. The van der Waals surface area contributed by atoms with Gasteiger partial charge < -0.3 is 5.32 Å². The van der Waals surface area contributed by atoms with Gasteiger partial charge in [0.2, 0.25) is 0 Å². The largest absolute Gasteiger partial charge is 0.309 e. The summed E-state index contributed by atoms with van der Waals surface area (Å²) >= 11 is 7.96. The SMILES string of the molecule is CCSCC(C)NCc1ccc(Cl)c(C)c1. The summed E-state index contributed by atoms with van der Waals surface area (Å²) in [5.41, 5.74) is 2.45. The van der Waals surface area contributed by atoms with Crippen LogP contribution in [0.15, 0.2) is 18.2 Å². The number of hydrogen-bond acceptors (Lipinski definition) is 2. The Morgan fingerprint density at radius 2 is 2.19 bits per heavy atom. The molecule has 3 heteroatoms. The van der Waals surface area contributed by atoms with E-state index in [4.69, 9.17) is 11.6 Å². The Bertz CT molecular complexity index is 328. The van der Waals surface area contributed by atoms with Crippen molar-refractivity contribution in [2.24, 2.45) is 0 Å². The van der Waals surface area contributed by atoms with Crippen LogP contribution in [0.1, 0.15) is 25.0 Å². The van der Waals surface area contributed by atoms with E-state index in [9.17, 15) is 0 Å². The smallest absolute Gasteiger partial charge is 0.0435 e. The van der Waals surface area contributed by atoms with Crippen LogP contribution in [0, 0.1) is 6.92 Å². The molecule has 0 saturated heterocycles. The first-order chi connectivity index (χ1) is 7.63. The van der Waals surface area contributed by atoms with Crippen LogP contribution < -0.4 is 5.32 Å². The molecule has 0 aliphatic carbocycles. The summed E-state index contributed by atoms with van der Waals surface area (Å²) < 4.78 is 0. The molecule has 1 nitrogen and oxygen atoms in total. The van der Waals surface area contributed by atoms with E-state index < -0.39 is 0 Å². The summed E-state index contributed by atoms with van der Waals surface area (Å²) in [5, 5.41) is 4.36. The third-order valence-electron chi connectivity index (χ3n) is 2.45. The predicted octanol–water partition coefficient (Wildman–Crippen LogP) is 3.88. The lowest BCUT2D eigenvalue weighted by molar-refractivity contribution is 0.596. The Morgan fingerprint density at radius 1 is 1.44 bits per heavy atom. The molecule has 1 rings (SSSR count). The van der Waals surface area contributed by atoms with Gasteiger partial charge in [0.15, 0.2) is 0 Å². The van der Waals surface area contributed by atoms with E-state index in [1.807, 2.05) is 24.8 Å². The molecular weight excluding hydrogens is 238 g/mol. The van der Waals surface area contributed by atoms with Crippen molar-refractivity contribution >= 4 is 23.4 Å². The van der Waals surface area contributed by atoms with Gasteiger partial charge in [0, 0.05) is 23.4 Å². The topological polar surface area (TPSA) is 12.0 Å². The summed E-state index contributed by atoms with van der Waals surface area (Å²) in [6, 6.07) is 6.76. The first kappa shape index (κ1) is 13.9. The van der Waals surface area contributed by atoms with E-state index in [-0.39, 0.29) is 0 Å². The lowest BCUT2D eigenvalue weighted by atomic mass is 10.1. The maximum Gasteiger partial charge on any atom is 0.0435 e. The molecule has 0 amide bonds. The van der Waals surface area contributed by atoms with E-state index in [1.54, 1.807) is 0 Å². The molecule has 1 aromatic carbocycles. The fraction of sp³-hybridized carbons (Fsp3) is 0.538. The average molecular weight is 258 g/mol. The lowest BCUT2D eigenvalue weighted by Gasteiger charge is -2.13. The molecule has 1 aromatic rings. The van der Waals surface area contributed by atoms with E-state index in [2.05, 4.69) is 31.3 Å². The van der Waals surface area contributed by atoms with Crippen molar-refractivity contribution in [3.05, 3.63) is 34.3 Å². The molecule has 0 aliphatic rings.